The van der Waals surface area contributed by atoms with E-state index in [2.05, 4.69) is 26.8 Å². The molecule has 1 aliphatic rings. The van der Waals surface area contributed by atoms with Crippen molar-refractivity contribution in [3.05, 3.63) is 5.82 Å². The lowest BCUT2D eigenvalue weighted by Crippen LogP contribution is -2.35. The first-order valence-electron chi connectivity index (χ1n) is 8.43. The molecule has 1 aromatic heterocycles. The summed E-state index contributed by atoms with van der Waals surface area (Å²) in [6.45, 7) is 1.57. The summed E-state index contributed by atoms with van der Waals surface area (Å²) in [7, 11) is 0. The Kier molecular flexibility index (Phi) is 6.25. The smallest absolute Gasteiger partial charge is 0.343 e. The molecule has 0 saturated heterocycles. The molecule has 2 atom stereocenters. The zero-order valence-electron chi connectivity index (χ0n) is 15.0. The summed E-state index contributed by atoms with van der Waals surface area (Å²) in [4.78, 5) is 10.8. The predicted octanol–water partition coefficient (Wildman–Crippen LogP) is 4.23. The summed E-state index contributed by atoms with van der Waals surface area (Å²) in [5.74, 6) is 2.94. The van der Waals surface area contributed by atoms with E-state index in [0.717, 1.165) is 13.8 Å². The van der Waals surface area contributed by atoms with Gasteiger partial charge in [0.1, 0.15) is 12.1 Å². The molecule has 12 heteroatoms. The van der Waals surface area contributed by atoms with Crippen molar-refractivity contribution in [2.45, 2.75) is 69.6 Å². The van der Waals surface area contributed by atoms with Gasteiger partial charge in [-0.15, -0.1) is 0 Å². The van der Waals surface area contributed by atoms with E-state index in [-0.39, 0.29) is 12.8 Å². The molecule has 0 amide bonds. The zero-order valence-corrected chi connectivity index (χ0v) is 15.0. The third-order valence-electron chi connectivity index (χ3n) is 4.10. The van der Waals surface area contributed by atoms with Crippen LogP contribution in [0.15, 0.2) is 0 Å². The quantitative estimate of drug-likeness (QED) is 0.572. The van der Waals surface area contributed by atoms with Crippen molar-refractivity contribution in [1.82, 2.24) is 15.0 Å². The van der Waals surface area contributed by atoms with Crippen LogP contribution in [0.4, 0.5) is 42.6 Å². The highest BCUT2D eigenvalue weighted by Crippen LogP contribution is 2.32. The molecule has 28 heavy (non-hydrogen) atoms. The van der Waals surface area contributed by atoms with Crippen molar-refractivity contribution >= 4 is 11.9 Å². The Balaban J connectivity index is 2.33. The monoisotopic (exact) mass is 413 g/mol. The van der Waals surface area contributed by atoms with Crippen molar-refractivity contribution in [2.24, 2.45) is 0 Å². The van der Waals surface area contributed by atoms with Gasteiger partial charge in [-0.3, -0.25) is 0 Å². The molecule has 0 unspecified atom stereocenters. The molecule has 1 heterocycles. The normalized spacial score (nSPS) is 18.8. The SMILES string of the molecule is C[C@@H](Nc1nc(C#CC2(F)CCCC2)nc(N[C@H](C)C(F)(F)F)n1)C(F)(F)F. The van der Waals surface area contributed by atoms with Gasteiger partial charge in [0, 0.05) is 0 Å². The minimum absolute atomic E-state index is 0.192. The Bertz CT molecular complexity index is 704. The number of rotatable bonds is 4. The van der Waals surface area contributed by atoms with E-state index in [0.29, 0.717) is 12.8 Å². The molecule has 156 valence electrons. The van der Waals surface area contributed by atoms with Gasteiger partial charge in [0.25, 0.3) is 0 Å². The second-order valence-corrected chi connectivity index (χ2v) is 6.54. The molecule has 2 rings (SSSR count). The maximum absolute atomic E-state index is 14.4. The van der Waals surface area contributed by atoms with Gasteiger partial charge >= 0.3 is 12.4 Å². The molecule has 0 spiro atoms. The summed E-state index contributed by atoms with van der Waals surface area (Å²) in [6.07, 6.45) is -7.63. The van der Waals surface area contributed by atoms with Crippen LogP contribution in [0.1, 0.15) is 45.4 Å². The minimum atomic E-state index is -4.64. The van der Waals surface area contributed by atoms with Crippen LogP contribution >= 0.6 is 0 Å². The van der Waals surface area contributed by atoms with E-state index < -0.39 is 47.8 Å². The van der Waals surface area contributed by atoms with E-state index >= 15 is 0 Å². The lowest BCUT2D eigenvalue weighted by Gasteiger charge is -2.19. The van der Waals surface area contributed by atoms with Gasteiger partial charge in [-0.2, -0.15) is 41.3 Å². The van der Waals surface area contributed by atoms with E-state index in [1.54, 1.807) is 0 Å². The molecule has 1 aromatic rings. The Morgan fingerprint density at radius 2 is 1.29 bits per heavy atom. The van der Waals surface area contributed by atoms with E-state index in [4.69, 9.17) is 0 Å². The lowest BCUT2D eigenvalue weighted by molar-refractivity contribution is -0.139. The van der Waals surface area contributed by atoms with Crippen molar-refractivity contribution in [3.8, 4) is 11.8 Å². The van der Waals surface area contributed by atoms with Gasteiger partial charge < -0.3 is 10.6 Å². The van der Waals surface area contributed by atoms with Gasteiger partial charge in [0.2, 0.25) is 17.7 Å². The topological polar surface area (TPSA) is 62.7 Å². The third-order valence-corrected chi connectivity index (χ3v) is 4.10. The van der Waals surface area contributed by atoms with Crippen LogP contribution in [0, 0.1) is 11.8 Å². The van der Waals surface area contributed by atoms with Crippen LogP contribution in [-0.2, 0) is 0 Å². The van der Waals surface area contributed by atoms with E-state index in [9.17, 15) is 30.7 Å². The molecule has 5 nitrogen and oxygen atoms in total. The zero-order chi connectivity index (χ0) is 21.2. The second-order valence-electron chi connectivity index (χ2n) is 6.54. The Labute approximate surface area is 156 Å². The molecule has 0 aromatic carbocycles. The third kappa shape index (κ3) is 6.10. The van der Waals surface area contributed by atoms with Gasteiger partial charge in [-0.25, -0.2) is 4.39 Å². The summed E-state index contributed by atoms with van der Waals surface area (Å²) >= 11 is 0. The van der Waals surface area contributed by atoms with Crippen molar-refractivity contribution < 1.29 is 30.7 Å². The molecule has 1 aliphatic carbocycles. The second kappa shape index (κ2) is 7.97. The fourth-order valence-corrected chi connectivity index (χ4v) is 2.34. The molecular formula is C16H18F7N5. The average Bonchev–Trinajstić information content (AvgIpc) is 2.98. The molecule has 1 fully saturated rings. The predicted molar refractivity (Wildman–Crippen MR) is 87.3 cm³/mol. The Hall–Kier alpha value is -2.32. The van der Waals surface area contributed by atoms with Crippen LogP contribution in [0.25, 0.3) is 0 Å². The van der Waals surface area contributed by atoms with Crippen LogP contribution in [-0.4, -0.2) is 45.1 Å². The molecule has 0 aliphatic heterocycles. The van der Waals surface area contributed by atoms with Crippen LogP contribution in [0.2, 0.25) is 0 Å². The molecule has 1 saturated carbocycles. The first kappa shape index (κ1) is 22.0. The number of nitrogens with one attached hydrogen (secondary N) is 2. The van der Waals surface area contributed by atoms with Crippen molar-refractivity contribution in [2.75, 3.05) is 10.6 Å². The lowest BCUT2D eigenvalue weighted by atomic mass is 10.1. The van der Waals surface area contributed by atoms with E-state index in [1.807, 2.05) is 10.6 Å². The number of aromatic nitrogens is 3. The van der Waals surface area contributed by atoms with Gasteiger partial charge in [-0.1, -0.05) is 5.92 Å². The van der Waals surface area contributed by atoms with E-state index in [1.165, 1.54) is 0 Å². The summed E-state index contributed by atoms with van der Waals surface area (Å²) in [5.41, 5.74) is -1.77. The van der Waals surface area contributed by atoms with Gasteiger partial charge in [0.05, 0.1) is 0 Å². The fraction of sp³-hybridized carbons (Fsp3) is 0.688. The Morgan fingerprint density at radius 3 is 1.68 bits per heavy atom. The Morgan fingerprint density at radius 1 is 0.857 bits per heavy atom. The maximum atomic E-state index is 14.4. The number of hydrogen-bond donors (Lipinski definition) is 2. The molecule has 0 radical (unpaired) electrons. The first-order valence-corrected chi connectivity index (χ1v) is 8.43. The van der Waals surface area contributed by atoms with Crippen LogP contribution in [0.5, 0.6) is 0 Å². The highest BCUT2D eigenvalue weighted by atomic mass is 19.4. The summed E-state index contributed by atoms with van der Waals surface area (Å²) < 4.78 is 90.7. The highest BCUT2D eigenvalue weighted by molar-refractivity contribution is 5.40. The number of alkyl halides is 7. The van der Waals surface area contributed by atoms with Gasteiger partial charge in [-0.05, 0) is 45.5 Å². The highest BCUT2D eigenvalue weighted by Gasteiger charge is 2.38. The molecule has 2 N–H and O–H groups in total. The largest absolute Gasteiger partial charge is 0.408 e. The fourth-order valence-electron chi connectivity index (χ4n) is 2.34. The molecule has 0 bridgehead atoms. The summed E-state index contributed by atoms with van der Waals surface area (Å²) in [5, 5.41) is 3.88. The number of nitrogens with zero attached hydrogens (tertiary/aromatic N) is 3. The van der Waals surface area contributed by atoms with Crippen molar-refractivity contribution in [1.29, 1.82) is 0 Å². The van der Waals surface area contributed by atoms with Crippen LogP contribution < -0.4 is 10.6 Å². The average molecular weight is 413 g/mol. The number of hydrogen-bond acceptors (Lipinski definition) is 5. The summed E-state index contributed by atoms with van der Waals surface area (Å²) in [6, 6.07) is -4.16. The maximum Gasteiger partial charge on any atom is 0.408 e. The van der Waals surface area contributed by atoms with Crippen molar-refractivity contribution in [3.63, 3.8) is 0 Å². The van der Waals surface area contributed by atoms with Gasteiger partial charge in [0.15, 0.2) is 5.67 Å². The minimum Gasteiger partial charge on any atom is -0.343 e. The first-order chi connectivity index (χ1) is 12.8. The number of anilines is 2. The van der Waals surface area contributed by atoms with Crippen LogP contribution in [0.3, 0.4) is 0 Å². The number of halogens is 7. The standard InChI is InChI=1S/C16H18F7N5/c1-9(15(18,19)20)24-12-26-11(5-8-14(17)6-3-4-7-14)27-13(28-12)25-10(2)16(21,22)23/h9-10H,3-4,6-7H2,1-2H3,(H2,24,25,26,27,28)/t9-,10-/m1/s1. The molecular weight excluding hydrogens is 395 g/mol.